The van der Waals surface area contributed by atoms with E-state index in [0.29, 0.717) is 38.5 Å². The quantitative estimate of drug-likeness (QED) is 0.386. The van der Waals surface area contributed by atoms with Crippen molar-refractivity contribution in [2.24, 2.45) is 5.92 Å². The molecule has 1 aromatic heterocycles. The van der Waals surface area contributed by atoms with Crippen LogP contribution in [0.1, 0.15) is 56.2 Å². The maximum atomic E-state index is 13.5. The Bertz CT molecular complexity index is 1010. The minimum absolute atomic E-state index is 0.0386. The zero-order valence-corrected chi connectivity index (χ0v) is 18.3. The van der Waals surface area contributed by atoms with Crippen LogP contribution in [0.15, 0.2) is 12.3 Å². The van der Waals surface area contributed by atoms with Gasteiger partial charge < -0.3 is 9.64 Å². The van der Waals surface area contributed by atoms with Gasteiger partial charge in [-0.2, -0.15) is 13.2 Å². The molecule has 0 bridgehead atoms. The van der Waals surface area contributed by atoms with Gasteiger partial charge in [0.15, 0.2) is 5.11 Å². The summed E-state index contributed by atoms with van der Waals surface area (Å²) in [5, 5.41) is 0.180. The molecule has 10 heteroatoms. The second-order valence-corrected chi connectivity index (χ2v) is 8.80. The van der Waals surface area contributed by atoms with E-state index < -0.39 is 23.0 Å². The van der Waals surface area contributed by atoms with Gasteiger partial charge in [-0.25, -0.2) is 4.98 Å². The lowest BCUT2D eigenvalue weighted by Crippen LogP contribution is -2.58. The number of hydrogen-bond acceptors (Lipinski definition) is 5. The van der Waals surface area contributed by atoms with Crippen LogP contribution in [0.3, 0.4) is 0 Å². The van der Waals surface area contributed by atoms with Crippen molar-refractivity contribution in [1.82, 2.24) is 9.88 Å². The normalized spacial score (nSPS) is 25.0. The van der Waals surface area contributed by atoms with E-state index in [1.807, 2.05) is 10.8 Å². The lowest BCUT2D eigenvalue weighted by atomic mass is 9.73. The molecule has 0 aromatic carbocycles. The summed E-state index contributed by atoms with van der Waals surface area (Å²) in [6, 6.07) is 0.772. The van der Waals surface area contributed by atoms with E-state index in [2.05, 4.69) is 4.98 Å². The monoisotopic (exact) mass is 465 g/mol. The van der Waals surface area contributed by atoms with Crippen LogP contribution in [-0.4, -0.2) is 45.6 Å². The molecule has 1 aromatic rings. The maximum absolute atomic E-state index is 13.5. The standard InChI is InChI=1S/C22H22F3N3O3S/c1-3-17-16(22(23,24)25)11-15(12-26-17)27-19(30)21(9-4-10-21)28(20(27)32)14-7-5-13(6-8-14)18(29)31-2/h1,11-14H,4-10H2,2H3. The van der Waals surface area contributed by atoms with Crippen LogP contribution in [0.5, 0.6) is 0 Å². The average Bonchev–Trinajstić information content (AvgIpc) is 2.99. The van der Waals surface area contributed by atoms with E-state index in [0.717, 1.165) is 12.5 Å². The van der Waals surface area contributed by atoms with Crippen LogP contribution >= 0.6 is 12.2 Å². The Morgan fingerprint density at radius 3 is 2.47 bits per heavy atom. The third-order valence-corrected chi connectivity index (χ3v) is 7.19. The fraction of sp³-hybridized carbons (Fsp3) is 0.545. The predicted octanol–water partition coefficient (Wildman–Crippen LogP) is 3.67. The number of methoxy groups -OCH3 is 1. The third kappa shape index (κ3) is 3.43. The van der Waals surface area contributed by atoms with Crippen LogP contribution in [0.25, 0.3) is 0 Å². The van der Waals surface area contributed by atoms with Crippen molar-refractivity contribution in [3.63, 3.8) is 0 Å². The molecule has 32 heavy (non-hydrogen) atoms. The number of terminal acetylenes is 1. The first-order valence-corrected chi connectivity index (χ1v) is 10.8. The summed E-state index contributed by atoms with van der Waals surface area (Å²) in [5.74, 6) is 1.18. The molecule has 1 spiro atoms. The summed E-state index contributed by atoms with van der Waals surface area (Å²) in [4.78, 5) is 32.2. The predicted molar refractivity (Wildman–Crippen MR) is 113 cm³/mol. The van der Waals surface area contributed by atoms with Crippen molar-refractivity contribution in [3.8, 4) is 12.3 Å². The zero-order valence-electron chi connectivity index (χ0n) is 17.4. The van der Waals surface area contributed by atoms with E-state index in [1.165, 1.54) is 18.2 Å². The minimum atomic E-state index is -4.71. The van der Waals surface area contributed by atoms with Gasteiger partial charge >= 0.3 is 12.1 Å². The molecule has 3 fully saturated rings. The number of ether oxygens (including phenoxy) is 1. The number of thiocarbonyl (C=S) groups is 1. The van der Waals surface area contributed by atoms with Crippen molar-refractivity contribution in [1.29, 1.82) is 0 Å². The maximum Gasteiger partial charge on any atom is 0.419 e. The molecule has 0 unspecified atom stereocenters. The van der Waals surface area contributed by atoms with E-state index >= 15 is 0 Å². The van der Waals surface area contributed by atoms with Gasteiger partial charge in [0.05, 0.1) is 30.5 Å². The van der Waals surface area contributed by atoms with Crippen LogP contribution in [0.2, 0.25) is 0 Å². The van der Waals surface area contributed by atoms with Gasteiger partial charge in [-0.05, 0) is 69.2 Å². The first-order chi connectivity index (χ1) is 15.1. The SMILES string of the molecule is C#Cc1ncc(N2C(=O)C3(CCC3)N(C3CCC(C(=O)OC)CC3)C2=S)cc1C(F)(F)F. The molecular weight excluding hydrogens is 443 g/mol. The fourth-order valence-corrected chi connectivity index (χ4v) is 5.54. The molecule has 2 saturated carbocycles. The first kappa shape index (κ1) is 22.5. The van der Waals surface area contributed by atoms with Gasteiger partial charge in [-0.3, -0.25) is 14.5 Å². The van der Waals surface area contributed by atoms with E-state index in [1.54, 1.807) is 0 Å². The average molecular weight is 465 g/mol. The van der Waals surface area contributed by atoms with E-state index in [-0.39, 0.29) is 34.6 Å². The van der Waals surface area contributed by atoms with Crippen LogP contribution in [0.4, 0.5) is 18.9 Å². The molecule has 1 saturated heterocycles. The number of amides is 1. The highest BCUT2D eigenvalue weighted by atomic mass is 32.1. The summed E-state index contributed by atoms with van der Waals surface area (Å²) in [5.41, 5.74) is -2.49. The number of alkyl halides is 3. The number of rotatable bonds is 3. The van der Waals surface area contributed by atoms with Crippen LogP contribution < -0.4 is 4.90 Å². The Labute approximate surface area is 189 Å². The molecule has 2 aliphatic carbocycles. The molecule has 0 atom stereocenters. The van der Waals surface area contributed by atoms with Gasteiger partial charge in [-0.1, -0.05) is 0 Å². The van der Waals surface area contributed by atoms with Gasteiger partial charge in [0.2, 0.25) is 0 Å². The van der Waals surface area contributed by atoms with Gasteiger partial charge in [0, 0.05) is 6.04 Å². The zero-order chi connectivity index (χ0) is 23.3. The second kappa shape index (κ2) is 8.03. The number of aromatic nitrogens is 1. The summed E-state index contributed by atoms with van der Waals surface area (Å²) in [6.07, 6.45) is 6.14. The smallest absolute Gasteiger partial charge is 0.419 e. The summed E-state index contributed by atoms with van der Waals surface area (Å²) in [7, 11) is 1.36. The number of anilines is 1. The molecule has 3 aliphatic rings. The first-order valence-electron chi connectivity index (χ1n) is 10.4. The molecule has 2 heterocycles. The van der Waals surface area contributed by atoms with E-state index in [9.17, 15) is 22.8 Å². The number of esters is 1. The number of nitrogens with zero attached hydrogens (tertiary/aromatic N) is 3. The fourth-order valence-electron chi connectivity index (χ4n) is 5.03. The van der Waals surface area contributed by atoms with Gasteiger partial charge in [-0.15, -0.1) is 6.42 Å². The second-order valence-electron chi connectivity index (χ2n) is 8.44. The van der Waals surface area contributed by atoms with Crippen molar-refractivity contribution < 1.29 is 27.5 Å². The Hall–Kier alpha value is -2.67. The highest BCUT2D eigenvalue weighted by molar-refractivity contribution is 7.80. The molecule has 0 radical (unpaired) electrons. The van der Waals surface area contributed by atoms with Crippen molar-refractivity contribution in [2.45, 2.75) is 62.7 Å². The van der Waals surface area contributed by atoms with E-state index in [4.69, 9.17) is 23.4 Å². The van der Waals surface area contributed by atoms with Crippen molar-refractivity contribution >= 4 is 34.9 Å². The lowest BCUT2D eigenvalue weighted by Gasteiger charge is -2.48. The van der Waals surface area contributed by atoms with Gasteiger partial charge in [0.1, 0.15) is 11.2 Å². The van der Waals surface area contributed by atoms with Crippen LogP contribution in [-0.2, 0) is 20.5 Å². The lowest BCUT2D eigenvalue weighted by molar-refractivity contribution is -0.147. The third-order valence-electron chi connectivity index (χ3n) is 6.81. The number of pyridine rings is 1. The Morgan fingerprint density at radius 2 is 1.97 bits per heavy atom. The molecule has 170 valence electrons. The molecule has 0 N–H and O–H groups in total. The minimum Gasteiger partial charge on any atom is -0.469 e. The topological polar surface area (TPSA) is 62.7 Å². The summed E-state index contributed by atoms with van der Waals surface area (Å²) in [6.45, 7) is 0. The number of hydrogen-bond donors (Lipinski definition) is 0. The summed E-state index contributed by atoms with van der Waals surface area (Å²) < 4.78 is 45.4. The van der Waals surface area contributed by atoms with Crippen LogP contribution in [0, 0.1) is 18.3 Å². The van der Waals surface area contributed by atoms with Crippen molar-refractivity contribution in [3.05, 3.63) is 23.5 Å². The van der Waals surface area contributed by atoms with Gasteiger partial charge in [0.25, 0.3) is 5.91 Å². The number of carbonyl (C=O) groups is 2. The molecule has 6 nitrogen and oxygen atoms in total. The number of carbonyl (C=O) groups excluding carboxylic acids is 2. The van der Waals surface area contributed by atoms with Crippen molar-refractivity contribution in [2.75, 3.05) is 12.0 Å². The molecule has 1 aliphatic heterocycles. The largest absolute Gasteiger partial charge is 0.469 e. The molecular formula is C22H22F3N3O3S. The highest BCUT2D eigenvalue weighted by Gasteiger charge is 2.61. The molecule has 4 rings (SSSR count). The summed E-state index contributed by atoms with van der Waals surface area (Å²) >= 11 is 5.64. The Kier molecular flexibility index (Phi) is 5.65. The highest BCUT2D eigenvalue weighted by Crippen LogP contribution is 2.49. The Balaban J connectivity index is 1.66. The number of halogens is 3. The molecule has 1 amide bonds. The Morgan fingerprint density at radius 1 is 1.31 bits per heavy atom.